The van der Waals surface area contributed by atoms with E-state index in [1.807, 2.05) is 11.4 Å². The second kappa shape index (κ2) is 7.11. The van der Waals surface area contributed by atoms with E-state index in [-0.39, 0.29) is 6.03 Å². The molecule has 0 radical (unpaired) electrons. The van der Waals surface area contributed by atoms with Crippen LogP contribution in [0.2, 0.25) is 0 Å². The molecule has 1 saturated heterocycles. The fourth-order valence-electron chi connectivity index (χ4n) is 1.87. The smallest absolute Gasteiger partial charge is 0.315 e. The lowest BCUT2D eigenvalue weighted by Gasteiger charge is -2.22. The maximum atomic E-state index is 11.6. The second-order valence-electron chi connectivity index (χ2n) is 4.34. The van der Waals surface area contributed by atoms with E-state index in [0.29, 0.717) is 12.5 Å². The molecule has 1 aliphatic heterocycles. The molecule has 2 amide bonds. The fourth-order valence-corrected chi connectivity index (χ4v) is 3.11. The van der Waals surface area contributed by atoms with Crippen molar-refractivity contribution in [3.63, 3.8) is 0 Å². The summed E-state index contributed by atoms with van der Waals surface area (Å²) in [6.07, 6.45) is 2.08. The van der Waals surface area contributed by atoms with Crippen molar-refractivity contribution in [3.05, 3.63) is 20.8 Å². The summed E-state index contributed by atoms with van der Waals surface area (Å²) in [5, 5.41) is 7.78. The first kappa shape index (κ1) is 13.8. The van der Waals surface area contributed by atoms with Gasteiger partial charge < -0.3 is 15.4 Å². The van der Waals surface area contributed by atoms with Crippen LogP contribution in [0.3, 0.4) is 0 Å². The average molecular weight is 333 g/mol. The molecule has 100 valence electrons. The Balaban J connectivity index is 1.64. The largest absolute Gasteiger partial charge is 0.381 e. The van der Waals surface area contributed by atoms with Crippen molar-refractivity contribution in [2.45, 2.75) is 19.4 Å². The van der Waals surface area contributed by atoms with Gasteiger partial charge in [-0.1, -0.05) is 0 Å². The standard InChI is InChI=1S/C12H17BrN2O2S/c13-11-10(3-6-18-11)8-15-12(16)14-7-9-1-4-17-5-2-9/h3,6,9H,1-2,4-5,7-8H2,(H2,14,15,16). The number of nitrogens with one attached hydrogen (secondary N) is 2. The normalized spacial score (nSPS) is 16.5. The number of thiophene rings is 1. The molecule has 2 heterocycles. The Bertz CT molecular complexity index is 391. The minimum atomic E-state index is -0.0976. The number of carbonyl (C=O) groups excluding carboxylic acids is 1. The van der Waals surface area contributed by atoms with E-state index >= 15 is 0 Å². The minimum absolute atomic E-state index is 0.0976. The van der Waals surface area contributed by atoms with E-state index in [4.69, 9.17) is 4.74 Å². The lowest BCUT2D eigenvalue weighted by Crippen LogP contribution is -2.39. The first-order valence-corrected chi connectivity index (χ1v) is 7.74. The number of hydrogen-bond donors (Lipinski definition) is 2. The molecule has 2 N–H and O–H groups in total. The summed E-state index contributed by atoms with van der Waals surface area (Å²) in [6, 6.07) is 1.91. The van der Waals surface area contributed by atoms with Gasteiger partial charge in [-0.2, -0.15) is 0 Å². The van der Waals surface area contributed by atoms with Gasteiger partial charge in [0.25, 0.3) is 0 Å². The molecule has 0 unspecified atom stereocenters. The van der Waals surface area contributed by atoms with Crippen molar-refractivity contribution >= 4 is 33.3 Å². The molecule has 0 atom stereocenters. The summed E-state index contributed by atoms with van der Waals surface area (Å²) in [7, 11) is 0. The number of halogens is 1. The fraction of sp³-hybridized carbons (Fsp3) is 0.583. The lowest BCUT2D eigenvalue weighted by molar-refractivity contribution is 0.0669. The maximum Gasteiger partial charge on any atom is 0.315 e. The number of urea groups is 1. The van der Waals surface area contributed by atoms with Crippen LogP contribution in [0.25, 0.3) is 0 Å². The predicted molar refractivity (Wildman–Crippen MR) is 75.8 cm³/mol. The molecule has 2 rings (SSSR count). The molecule has 0 bridgehead atoms. The molecule has 0 saturated carbocycles. The summed E-state index contributed by atoms with van der Waals surface area (Å²) in [4.78, 5) is 11.6. The topological polar surface area (TPSA) is 50.4 Å². The van der Waals surface area contributed by atoms with Gasteiger partial charge in [-0.15, -0.1) is 11.3 Å². The number of hydrogen-bond acceptors (Lipinski definition) is 3. The van der Waals surface area contributed by atoms with Gasteiger partial charge in [0.05, 0.1) is 3.79 Å². The highest BCUT2D eigenvalue weighted by Gasteiger charge is 2.14. The minimum Gasteiger partial charge on any atom is -0.381 e. The van der Waals surface area contributed by atoms with Crippen LogP contribution >= 0.6 is 27.3 Å². The van der Waals surface area contributed by atoms with Crippen molar-refractivity contribution < 1.29 is 9.53 Å². The Labute approximate surface area is 119 Å². The Kier molecular flexibility index (Phi) is 5.46. The van der Waals surface area contributed by atoms with Crippen LogP contribution in [0.4, 0.5) is 4.79 Å². The van der Waals surface area contributed by atoms with Gasteiger partial charge in [0.1, 0.15) is 0 Å². The van der Waals surface area contributed by atoms with Gasteiger partial charge in [-0.25, -0.2) is 4.79 Å². The zero-order chi connectivity index (χ0) is 12.8. The van der Waals surface area contributed by atoms with Gasteiger partial charge in [0.15, 0.2) is 0 Å². The summed E-state index contributed by atoms with van der Waals surface area (Å²) in [5.41, 5.74) is 1.11. The van der Waals surface area contributed by atoms with Crippen LogP contribution in [0.15, 0.2) is 15.2 Å². The van der Waals surface area contributed by atoms with Gasteiger partial charge in [0.2, 0.25) is 0 Å². The van der Waals surface area contributed by atoms with Crippen LogP contribution in [-0.4, -0.2) is 25.8 Å². The maximum absolute atomic E-state index is 11.6. The summed E-state index contributed by atoms with van der Waals surface area (Å²) in [6.45, 7) is 2.93. The molecule has 1 aromatic rings. The Morgan fingerprint density at radius 1 is 1.44 bits per heavy atom. The van der Waals surface area contributed by atoms with Gasteiger partial charge in [0, 0.05) is 26.3 Å². The Hall–Kier alpha value is -0.590. The van der Waals surface area contributed by atoms with E-state index in [1.54, 1.807) is 11.3 Å². The number of amides is 2. The van der Waals surface area contributed by atoms with Crippen molar-refractivity contribution in [2.75, 3.05) is 19.8 Å². The third kappa shape index (κ3) is 4.26. The van der Waals surface area contributed by atoms with Crippen LogP contribution in [0.5, 0.6) is 0 Å². The van der Waals surface area contributed by atoms with Crippen molar-refractivity contribution in [3.8, 4) is 0 Å². The highest BCUT2D eigenvalue weighted by atomic mass is 79.9. The average Bonchev–Trinajstić information content (AvgIpc) is 2.81. The van der Waals surface area contributed by atoms with Crippen LogP contribution in [0.1, 0.15) is 18.4 Å². The molecular weight excluding hydrogens is 316 g/mol. The van der Waals surface area contributed by atoms with Gasteiger partial charge in [-0.3, -0.25) is 0 Å². The summed E-state index contributed by atoms with van der Waals surface area (Å²) in [5.74, 6) is 0.553. The number of ether oxygens (including phenoxy) is 1. The van der Waals surface area contributed by atoms with Crippen LogP contribution in [0, 0.1) is 5.92 Å². The first-order valence-electron chi connectivity index (χ1n) is 6.07. The van der Waals surface area contributed by atoms with Crippen molar-refractivity contribution in [1.29, 1.82) is 0 Å². The molecule has 1 fully saturated rings. The second-order valence-corrected chi connectivity index (χ2v) is 6.57. The Morgan fingerprint density at radius 2 is 2.22 bits per heavy atom. The quantitative estimate of drug-likeness (QED) is 0.890. The van der Waals surface area contributed by atoms with E-state index in [9.17, 15) is 4.79 Å². The zero-order valence-electron chi connectivity index (χ0n) is 10.1. The van der Waals surface area contributed by atoms with Crippen LogP contribution in [-0.2, 0) is 11.3 Å². The number of carbonyl (C=O) groups is 1. The monoisotopic (exact) mass is 332 g/mol. The Morgan fingerprint density at radius 3 is 2.89 bits per heavy atom. The third-order valence-corrected chi connectivity index (χ3v) is 4.84. The van der Waals surface area contributed by atoms with Gasteiger partial charge in [-0.05, 0) is 51.7 Å². The van der Waals surface area contributed by atoms with E-state index < -0.39 is 0 Å². The molecule has 1 aliphatic rings. The molecule has 0 aromatic carbocycles. The molecule has 18 heavy (non-hydrogen) atoms. The van der Waals surface area contributed by atoms with Crippen molar-refractivity contribution in [1.82, 2.24) is 10.6 Å². The van der Waals surface area contributed by atoms with E-state index in [1.165, 1.54) is 0 Å². The summed E-state index contributed by atoms with van der Waals surface area (Å²) < 4.78 is 6.36. The molecule has 1 aromatic heterocycles. The zero-order valence-corrected chi connectivity index (χ0v) is 12.5. The molecular formula is C12H17BrN2O2S. The summed E-state index contributed by atoms with van der Waals surface area (Å²) >= 11 is 5.07. The highest BCUT2D eigenvalue weighted by Crippen LogP contribution is 2.22. The van der Waals surface area contributed by atoms with Crippen LogP contribution < -0.4 is 10.6 Å². The molecule has 0 spiro atoms. The molecule has 0 aliphatic carbocycles. The van der Waals surface area contributed by atoms with Gasteiger partial charge >= 0.3 is 6.03 Å². The SMILES string of the molecule is O=C(NCc1ccsc1Br)NCC1CCOCC1. The van der Waals surface area contributed by atoms with E-state index in [2.05, 4.69) is 26.6 Å². The first-order chi connectivity index (χ1) is 8.75. The highest BCUT2D eigenvalue weighted by molar-refractivity contribution is 9.11. The van der Waals surface area contributed by atoms with E-state index in [0.717, 1.165) is 42.0 Å². The molecule has 4 nitrogen and oxygen atoms in total. The van der Waals surface area contributed by atoms with Crippen molar-refractivity contribution in [2.24, 2.45) is 5.92 Å². The lowest BCUT2D eigenvalue weighted by atomic mass is 10.0. The molecule has 6 heteroatoms. The third-order valence-electron chi connectivity index (χ3n) is 3.02. The number of rotatable bonds is 4. The predicted octanol–water partition coefficient (Wildman–Crippen LogP) is 2.74.